The van der Waals surface area contributed by atoms with E-state index in [1.54, 1.807) is 28.8 Å². The van der Waals surface area contributed by atoms with Crippen LogP contribution >= 0.6 is 22.9 Å². The molecule has 25 heavy (non-hydrogen) atoms. The molecule has 0 amide bonds. The van der Waals surface area contributed by atoms with Crippen LogP contribution in [0.25, 0.3) is 6.08 Å². The number of nitrogens with zero attached hydrogens (tertiary/aromatic N) is 3. The third kappa shape index (κ3) is 3.23. The lowest BCUT2D eigenvalue weighted by molar-refractivity contribution is 0.565. The fourth-order valence-electron chi connectivity index (χ4n) is 2.70. The first-order chi connectivity index (χ1) is 12.1. The molecule has 1 aromatic heterocycles. The first-order valence-electron chi connectivity index (χ1n) is 7.62. The summed E-state index contributed by atoms with van der Waals surface area (Å²) in [6.07, 6.45) is 1.81. The normalized spacial score (nSPS) is 14.3. The van der Waals surface area contributed by atoms with Crippen molar-refractivity contribution in [2.75, 3.05) is 11.6 Å². The molecule has 0 fully saturated rings. The average molecular weight is 374 g/mol. The number of benzene rings is 2. The predicted octanol–water partition coefficient (Wildman–Crippen LogP) is 2.59. The Hall–Kier alpha value is -2.44. The predicted molar refractivity (Wildman–Crippen MR) is 98.1 cm³/mol. The van der Waals surface area contributed by atoms with Crippen molar-refractivity contribution in [2.45, 2.75) is 6.67 Å². The van der Waals surface area contributed by atoms with Gasteiger partial charge >= 0.3 is 0 Å². The molecule has 4 rings (SSSR count). The number of hydrogen-bond acceptors (Lipinski definition) is 4. The Bertz CT molecular complexity index is 1120. The first kappa shape index (κ1) is 16.1. The molecule has 4 nitrogen and oxygen atoms in total. The fourth-order valence-corrected chi connectivity index (χ4v) is 3.86. The van der Waals surface area contributed by atoms with E-state index in [9.17, 15) is 9.18 Å². The quantitative estimate of drug-likeness (QED) is 0.692. The number of halogens is 2. The molecule has 3 aromatic rings. The zero-order valence-electron chi connectivity index (χ0n) is 13.0. The van der Waals surface area contributed by atoms with E-state index < -0.39 is 0 Å². The minimum atomic E-state index is -0.309. The highest BCUT2D eigenvalue weighted by atomic mass is 35.5. The van der Waals surface area contributed by atoms with Crippen LogP contribution in [0.5, 0.6) is 0 Å². The minimum Gasteiger partial charge on any atom is -0.333 e. The standard InChI is InChI=1S/C18H13ClFN3OS/c19-13-4-1-3-12(7-13)8-16-17(24)23-11-22(10-21-18(23)25-16)15-6-2-5-14(20)9-15/h1-9H,10-11H2/b16-8-. The second-order valence-corrected chi connectivity index (χ2v) is 7.09. The van der Waals surface area contributed by atoms with E-state index in [0.29, 0.717) is 33.4 Å². The minimum absolute atomic E-state index is 0.107. The molecular formula is C18H13ClFN3OS. The maximum absolute atomic E-state index is 13.4. The Morgan fingerprint density at radius 1 is 1.20 bits per heavy atom. The Morgan fingerprint density at radius 2 is 2.04 bits per heavy atom. The average Bonchev–Trinajstić information content (AvgIpc) is 2.90. The van der Waals surface area contributed by atoms with E-state index >= 15 is 0 Å². The van der Waals surface area contributed by atoms with Crippen LogP contribution in [0.1, 0.15) is 5.56 Å². The van der Waals surface area contributed by atoms with Crippen LogP contribution in [-0.2, 0) is 6.67 Å². The van der Waals surface area contributed by atoms with Gasteiger partial charge in [0.2, 0.25) is 0 Å². The molecule has 1 aliphatic rings. The van der Waals surface area contributed by atoms with Crippen LogP contribution in [-0.4, -0.2) is 11.2 Å². The summed E-state index contributed by atoms with van der Waals surface area (Å²) in [6.45, 7) is 0.737. The number of hydrogen-bond donors (Lipinski definition) is 0. The third-order valence-electron chi connectivity index (χ3n) is 3.90. The Labute approximate surface area is 151 Å². The molecule has 1 aliphatic heterocycles. The highest BCUT2D eigenvalue weighted by Crippen LogP contribution is 2.17. The van der Waals surface area contributed by atoms with E-state index in [1.165, 1.54) is 23.5 Å². The van der Waals surface area contributed by atoms with Crippen LogP contribution in [0.15, 0.2) is 58.3 Å². The number of rotatable bonds is 2. The largest absolute Gasteiger partial charge is 0.333 e. The number of fused-ring (bicyclic) bond motifs is 1. The van der Waals surface area contributed by atoms with Crippen LogP contribution < -0.4 is 19.8 Å². The van der Waals surface area contributed by atoms with Crippen LogP contribution in [0.4, 0.5) is 10.1 Å². The monoisotopic (exact) mass is 373 g/mol. The topological polar surface area (TPSA) is 37.6 Å². The molecule has 0 unspecified atom stereocenters. The van der Waals surface area contributed by atoms with Crippen LogP contribution in [0, 0.1) is 5.82 Å². The second-order valence-electron chi connectivity index (χ2n) is 5.64. The van der Waals surface area contributed by atoms with Crippen LogP contribution in [0.2, 0.25) is 5.02 Å². The third-order valence-corrected chi connectivity index (χ3v) is 5.18. The van der Waals surface area contributed by atoms with E-state index in [0.717, 1.165) is 5.56 Å². The number of anilines is 1. The van der Waals surface area contributed by atoms with Gasteiger partial charge in [-0.05, 0) is 42.0 Å². The summed E-state index contributed by atoms with van der Waals surface area (Å²) in [4.78, 5) is 19.7. The second kappa shape index (κ2) is 6.46. The maximum Gasteiger partial charge on any atom is 0.271 e. The summed E-state index contributed by atoms with van der Waals surface area (Å²) in [5.74, 6) is -0.309. The number of thiazole rings is 1. The zero-order chi connectivity index (χ0) is 17.4. The lowest BCUT2D eigenvalue weighted by Crippen LogP contribution is -2.42. The fraction of sp³-hybridized carbons (Fsp3) is 0.111. The SMILES string of the molecule is O=c1/c(=C/c2cccc(Cl)c2)sc2n1CN(c1cccc(F)c1)CN=2. The Morgan fingerprint density at radius 3 is 2.84 bits per heavy atom. The summed E-state index contributed by atoms with van der Waals surface area (Å²) in [5.41, 5.74) is 1.46. The lowest BCUT2D eigenvalue weighted by atomic mass is 10.2. The van der Waals surface area contributed by atoms with E-state index in [1.807, 2.05) is 23.1 Å². The Kier molecular flexibility index (Phi) is 4.15. The molecule has 0 saturated heterocycles. The summed E-state index contributed by atoms with van der Waals surface area (Å²) in [7, 11) is 0. The van der Waals surface area contributed by atoms with Crippen LogP contribution in [0.3, 0.4) is 0 Å². The molecule has 2 aromatic carbocycles. The Balaban J connectivity index is 1.73. The highest BCUT2D eigenvalue weighted by Gasteiger charge is 2.16. The lowest BCUT2D eigenvalue weighted by Gasteiger charge is -2.25. The smallest absolute Gasteiger partial charge is 0.271 e. The van der Waals surface area contributed by atoms with Crippen molar-refractivity contribution in [3.8, 4) is 0 Å². The molecule has 0 saturated carbocycles. The molecule has 7 heteroatoms. The van der Waals surface area contributed by atoms with E-state index in [2.05, 4.69) is 4.99 Å². The number of aromatic nitrogens is 1. The first-order valence-corrected chi connectivity index (χ1v) is 8.81. The van der Waals surface area contributed by atoms with E-state index in [-0.39, 0.29) is 11.4 Å². The van der Waals surface area contributed by atoms with Gasteiger partial charge in [0, 0.05) is 10.7 Å². The van der Waals surface area contributed by atoms with Crippen molar-refractivity contribution in [3.63, 3.8) is 0 Å². The van der Waals surface area contributed by atoms with Gasteiger partial charge in [0.05, 0.1) is 4.53 Å². The molecule has 0 radical (unpaired) electrons. The van der Waals surface area contributed by atoms with Crippen molar-refractivity contribution >= 4 is 34.7 Å². The molecule has 0 bridgehead atoms. The van der Waals surface area contributed by atoms with Gasteiger partial charge in [-0.2, -0.15) is 0 Å². The van der Waals surface area contributed by atoms with Gasteiger partial charge in [-0.3, -0.25) is 9.36 Å². The van der Waals surface area contributed by atoms with Gasteiger partial charge in [-0.15, -0.1) is 0 Å². The summed E-state index contributed by atoms with van der Waals surface area (Å²) in [5, 5.41) is 0.622. The van der Waals surface area contributed by atoms with Gasteiger partial charge < -0.3 is 4.90 Å². The van der Waals surface area contributed by atoms with Crippen molar-refractivity contribution in [3.05, 3.63) is 84.6 Å². The van der Waals surface area contributed by atoms with Crippen molar-refractivity contribution in [1.29, 1.82) is 0 Å². The van der Waals surface area contributed by atoms with E-state index in [4.69, 9.17) is 11.6 Å². The van der Waals surface area contributed by atoms with Gasteiger partial charge in [0.15, 0.2) is 4.80 Å². The van der Waals surface area contributed by atoms with Crippen molar-refractivity contribution < 1.29 is 4.39 Å². The summed E-state index contributed by atoms with van der Waals surface area (Å²) in [6, 6.07) is 13.6. The van der Waals surface area contributed by atoms with Crippen molar-refractivity contribution in [2.24, 2.45) is 4.99 Å². The van der Waals surface area contributed by atoms with Gasteiger partial charge in [-0.25, -0.2) is 9.38 Å². The summed E-state index contributed by atoms with van der Waals surface area (Å²) >= 11 is 7.34. The highest BCUT2D eigenvalue weighted by molar-refractivity contribution is 7.07. The molecule has 126 valence electrons. The molecule has 0 aliphatic carbocycles. The molecule has 0 N–H and O–H groups in total. The molecule has 0 spiro atoms. The molecule has 2 heterocycles. The maximum atomic E-state index is 13.4. The molecule has 0 atom stereocenters. The van der Waals surface area contributed by atoms with Crippen molar-refractivity contribution in [1.82, 2.24) is 4.57 Å². The van der Waals surface area contributed by atoms with Gasteiger partial charge in [-0.1, -0.05) is 41.1 Å². The van der Waals surface area contributed by atoms with Gasteiger partial charge in [0.25, 0.3) is 5.56 Å². The summed E-state index contributed by atoms with van der Waals surface area (Å²) < 4.78 is 15.6. The van der Waals surface area contributed by atoms with Gasteiger partial charge in [0.1, 0.15) is 19.2 Å². The zero-order valence-corrected chi connectivity index (χ0v) is 14.6. The molecular weight excluding hydrogens is 361 g/mol.